The highest BCUT2D eigenvalue weighted by Gasteiger charge is 2.35. The zero-order valence-electron chi connectivity index (χ0n) is 15.3. The molecule has 1 saturated heterocycles. The molecule has 0 amide bonds. The average molecular weight is 357 g/mol. The van der Waals surface area contributed by atoms with Crippen LogP contribution in [0, 0.1) is 0 Å². The predicted molar refractivity (Wildman–Crippen MR) is 110 cm³/mol. The molecule has 1 fully saturated rings. The molecule has 0 aromatic heterocycles. The summed E-state index contributed by atoms with van der Waals surface area (Å²) in [7, 11) is 0. The molecule has 6 rings (SSSR count). The van der Waals surface area contributed by atoms with Gasteiger partial charge in [-0.15, -0.1) is 0 Å². The first-order valence-corrected chi connectivity index (χ1v) is 10.0. The van der Waals surface area contributed by atoms with Crippen molar-refractivity contribution in [2.24, 2.45) is 0 Å². The molecule has 1 heterocycles. The summed E-state index contributed by atoms with van der Waals surface area (Å²) in [6.45, 7) is 3.30. The Kier molecular flexibility index (Phi) is 3.46. The molecule has 27 heavy (non-hydrogen) atoms. The summed E-state index contributed by atoms with van der Waals surface area (Å²) in [5.74, 6) is 0. The number of hydrogen-bond donors (Lipinski definition) is 1. The van der Waals surface area contributed by atoms with Gasteiger partial charge in [-0.25, -0.2) is 0 Å². The number of hydrogen-bond acceptors (Lipinski definition) is 3. The number of rotatable bonds is 1. The molecule has 1 N–H and O–H groups in total. The number of ether oxygens (including phenoxy) is 1. The van der Waals surface area contributed by atoms with Crippen molar-refractivity contribution < 1.29 is 9.84 Å². The van der Waals surface area contributed by atoms with Crippen LogP contribution in [0.1, 0.15) is 23.6 Å². The van der Waals surface area contributed by atoms with Crippen molar-refractivity contribution in [2.75, 3.05) is 26.3 Å². The summed E-state index contributed by atoms with van der Waals surface area (Å²) >= 11 is 0. The SMILES string of the molecule is O[C@H]1CCc2c(cc3ccc4cccc5ccc2c3c45)[C@@H]1N1CCOCC1. The van der Waals surface area contributed by atoms with Gasteiger partial charge in [-0.3, -0.25) is 4.90 Å². The van der Waals surface area contributed by atoms with Gasteiger partial charge in [0.1, 0.15) is 0 Å². The Morgan fingerprint density at radius 1 is 0.889 bits per heavy atom. The largest absolute Gasteiger partial charge is 0.391 e. The number of aliphatic hydroxyl groups excluding tert-OH is 1. The number of morpholine rings is 1. The molecule has 4 aromatic rings. The minimum atomic E-state index is -0.302. The van der Waals surface area contributed by atoms with Crippen molar-refractivity contribution in [3.8, 4) is 0 Å². The van der Waals surface area contributed by atoms with Gasteiger partial charge in [-0.2, -0.15) is 0 Å². The van der Waals surface area contributed by atoms with E-state index in [1.807, 2.05) is 0 Å². The smallest absolute Gasteiger partial charge is 0.0740 e. The van der Waals surface area contributed by atoms with Gasteiger partial charge in [-0.1, -0.05) is 42.5 Å². The fourth-order valence-electron chi connectivity index (χ4n) is 5.39. The molecular weight excluding hydrogens is 334 g/mol. The lowest BCUT2D eigenvalue weighted by Gasteiger charge is -2.41. The number of fused-ring (bicyclic) bond motifs is 2. The van der Waals surface area contributed by atoms with E-state index in [2.05, 4.69) is 53.4 Å². The van der Waals surface area contributed by atoms with Gasteiger partial charge >= 0.3 is 0 Å². The van der Waals surface area contributed by atoms with Crippen LogP contribution in [0.15, 0.2) is 48.5 Å². The van der Waals surface area contributed by atoms with Crippen LogP contribution in [-0.2, 0) is 11.2 Å². The van der Waals surface area contributed by atoms with Crippen molar-refractivity contribution in [2.45, 2.75) is 25.0 Å². The maximum atomic E-state index is 10.9. The highest BCUT2D eigenvalue weighted by Crippen LogP contribution is 2.43. The zero-order valence-corrected chi connectivity index (χ0v) is 15.3. The summed E-state index contributed by atoms with van der Waals surface area (Å²) in [6, 6.07) is 18.0. The maximum Gasteiger partial charge on any atom is 0.0740 e. The second-order valence-corrected chi connectivity index (χ2v) is 8.00. The van der Waals surface area contributed by atoms with Crippen LogP contribution in [-0.4, -0.2) is 42.4 Å². The van der Waals surface area contributed by atoms with E-state index in [1.165, 1.54) is 43.4 Å². The summed E-state index contributed by atoms with van der Waals surface area (Å²) in [5, 5.41) is 18.9. The quantitative estimate of drug-likeness (QED) is 0.517. The molecular formula is C24H23NO2. The fraction of sp³-hybridized carbons (Fsp3) is 0.333. The minimum absolute atomic E-state index is 0.0829. The lowest BCUT2D eigenvalue weighted by atomic mass is 9.79. The predicted octanol–water partition coefficient (Wildman–Crippen LogP) is 4.26. The molecule has 1 aliphatic carbocycles. The van der Waals surface area contributed by atoms with E-state index < -0.39 is 0 Å². The summed E-state index contributed by atoms with van der Waals surface area (Å²) in [6.07, 6.45) is 1.48. The second-order valence-electron chi connectivity index (χ2n) is 8.00. The van der Waals surface area contributed by atoms with E-state index in [-0.39, 0.29) is 12.1 Å². The average Bonchev–Trinajstić information content (AvgIpc) is 2.72. The first kappa shape index (κ1) is 15.8. The molecule has 0 spiro atoms. The van der Waals surface area contributed by atoms with Gasteiger partial charge < -0.3 is 9.84 Å². The normalized spacial score (nSPS) is 24.0. The molecule has 3 heteroatoms. The number of aliphatic hydroxyl groups is 1. The monoisotopic (exact) mass is 357 g/mol. The number of nitrogens with zero attached hydrogens (tertiary/aromatic N) is 1. The first-order valence-electron chi connectivity index (χ1n) is 10.0. The highest BCUT2D eigenvalue weighted by atomic mass is 16.5. The molecule has 3 nitrogen and oxygen atoms in total. The Bertz CT molecular complexity index is 1130. The topological polar surface area (TPSA) is 32.7 Å². The Balaban J connectivity index is 1.65. The zero-order chi connectivity index (χ0) is 18.0. The lowest BCUT2D eigenvalue weighted by molar-refractivity contribution is -0.0282. The third-order valence-electron chi connectivity index (χ3n) is 6.61. The Morgan fingerprint density at radius 3 is 2.44 bits per heavy atom. The van der Waals surface area contributed by atoms with Crippen molar-refractivity contribution in [1.82, 2.24) is 4.90 Å². The third-order valence-corrected chi connectivity index (χ3v) is 6.61. The van der Waals surface area contributed by atoms with Gasteiger partial charge in [-0.05, 0) is 62.4 Å². The Hall–Kier alpha value is -2.20. The molecule has 0 radical (unpaired) electrons. The van der Waals surface area contributed by atoms with Crippen LogP contribution in [0.3, 0.4) is 0 Å². The fourth-order valence-corrected chi connectivity index (χ4v) is 5.39. The van der Waals surface area contributed by atoms with Crippen LogP contribution >= 0.6 is 0 Å². The van der Waals surface area contributed by atoms with Crippen molar-refractivity contribution in [3.63, 3.8) is 0 Å². The second kappa shape index (κ2) is 5.90. The summed E-state index contributed by atoms with van der Waals surface area (Å²) in [5.41, 5.74) is 2.75. The maximum absolute atomic E-state index is 10.9. The van der Waals surface area contributed by atoms with Crippen LogP contribution in [0.25, 0.3) is 32.3 Å². The molecule has 4 aromatic carbocycles. The van der Waals surface area contributed by atoms with Crippen LogP contribution in [0.5, 0.6) is 0 Å². The standard InChI is InChI=1S/C24H23NO2/c26-21-9-8-18-19-7-6-16-3-1-2-15-4-5-17(23(19)22(15)16)14-20(18)24(21)25-10-12-27-13-11-25/h1-7,14,21,24,26H,8-13H2/t21-,24-/m0/s1. The van der Waals surface area contributed by atoms with Gasteiger partial charge in [0.25, 0.3) is 0 Å². The minimum Gasteiger partial charge on any atom is -0.391 e. The molecule has 0 unspecified atom stereocenters. The molecule has 0 saturated carbocycles. The molecule has 2 atom stereocenters. The molecule has 136 valence electrons. The van der Waals surface area contributed by atoms with E-state index in [0.717, 1.165) is 39.1 Å². The highest BCUT2D eigenvalue weighted by molar-refractivity contribution is 6.23. The third kappa shape index (κ3) is 2.26. The van der Waals surface area contributed by atoms with E-state index in [1.54, 1.807) is 0 Å². The van der Waals surface area contributed by atoms with Crippen LogP contribution < -0.4 is 0 Å². The Labute approximate surface area is 158 Å². The summed E-state index contributed by atoms with van der Waals surface area (Å²) < 4.78 is 5.55. The van der Waals surface area contributed by atoms with Crippen molar-refractivity contribution in [3.05, 3.63) is 59.7 Å². The van der Waals surface area contributed by atoms with Gasteiger partial charge in [0.2, 0.25) is 0 Å². The Morgan fingerprint density at radius 2 is 1.63 bits per heavy atom. The number of aryl methyl sites for hydroxylation is 1. The molecule has 0 bridgehead atoms. The van der Waals surface area contributed by atoms with E-state index in [4.69, 9.17) is 4.74 Å². The first-order chi connectivity index (χ1) is 13.3. The van der Waals surface area contributed by atoms with Crippen molar-refractivity contribution >= 4 is 32.3 Å². The van der Waals surface area contributed by atoms with E-state index in [0.29, 0.717) is 0 Å². The van der Waals surface area contributed by atoms with Crippen LogP contribution in [0.4, 0.5) is 0 Å². The van der Waals surface area contributed by atoms with E-state index in [9.17, 15) is 5.11 Å². The van der Waals surface area contributed by atoms with Crippen molar-refractivity contribution in [1.29, 1.82) is 0 Å². The molecule has 1 aliphatic heterocycles. The van der Waals surface area contributed by atoms with E-state index >= 15 is 0 Å². The van der Waals surface area contributed by atoms with Gasteiger partial charge in [0.15, 0.2) is 0 Å². The lowest BCUT2D eigenvalue weighted by Crippen LogP contribution is -2.45. The van der Waals surface area contributed by atoms with Crippen LogP contribution in [0.2, 0.25) is 0 Å². The van der Waals surface area contributed by atoms with Gasteiger partial charge in [0, 0.05) is 13.1 Å². The molecule has 2 aliphatic rings. The number of benzene rings is 4. The van der Waals surface area contributed by atoms with Gasteiger partial charge in [0.05, 0.1) is 25.4 Å². The summed E-state index contributed by atoms with van der Waals surface area (Å²) in [4.78, 5) is 2.42.